The van der Waals surface area contributed by atoms with Gasteiger partial charge in [-0.05, 0) is 23.8 Å². The Morgan fingerprint density at radius 3 is 2.17 bits per heavy atom. The van der Waals surface area contributed by atoms with Crippen LogP contribution in [-0.4, -0.2) is 11.3 Å². The average Bonchev–Trinajstić information content (AvgIpc) is 2.36. The molecule has 0 aliphatic rings. The minimum atomic E-state index is 0.259. The number of pyridine rings is 1. The molecule has 0 atom stereocenters. The number of aldehydes is 1. The Kier molecular flexibility index (Phi) is 4.13. The maximum atomic E-state index is 10.7. The Morgan fingerprint density at radius 1 is 1.00 bits per heavy atom. The summed E-state index contributed by atoms with van der Waals surface area (Å²) in [5, 5.41) is 1.16. The number of hydrogen-bond acceptors (Lipinski definition) is 2. The number of benzene rings is 1. The quantitative estimate of drug-likeness (QED) is 0.434. The standard InChI is InChI=1S/C12H5Cl4NO/c13-9-2-7(3-10(14)11(9)15)8-1-6(5-18)4-17-12(8)16/h1-5H. The molecule has 0 saturated heterocycles. The highest BCUT2D eigenvalue weighted by molar-refractivity contribution is 6.48. The molecule has 1 aromatic heterocycles. The van der Waals surface area contributed by atoms with Gasteiger partial charge in [-0.3, -0.25) is 4.79 Å². The SMILES string of the molecule is O=Cc1cnc(Cl)c(-c2cc(Cl)c(Cl)c(Cl)c2)c1. The molecule has 0 unspecified atom stereocenters. The lowest BCUT2D eigenvalue weighted by Gasteiger charge is -2.07. The zero-order valence-corrected chi connectivity index (χ0v) is 11.8. The van der Waals surface area contributed by atoms with Crippen LogP contribution in [0, 0.1) is 0 Å². The lowest BCUT2D eigenvalue weighted by Crippen LogP contribution is -1.89. The second kappa shape index (κ2) is 5.45. The van der Waals surface area contributed by atoms with Crippen LogP contribution < -0.4 is 0 Å². The van der Waals surface area contributed by atoms with Crippen molar-refractivity contribution in [2.45, 2.75) is 0 Å². The zero-order valence-electron chi connectivity index (χ0n) is 8.75. The van der Waals surface area contributed by atoms with E-state index in [9.17, 15) is 4.79 Å². The van der Waals surface area contributed by atoms with Gasteiger partial charge in [0.2, 0.25) is 0 Å². The van der Waals surface area contributed by atoms with E-state index in [0.29, 0.717) is 33.0 Å². The van der Waals surface area contributed by atoms with E-state index >= 15 is 0 Å². The second-order valence-corrected chi connectivity index (χ2v) is 5.03. The first kappa shape index (κ1) is 13.6. The van der Waals surface area contributed by atoms with Crippen LogP contribution in [0.4, 0.5) is 0 Å². The lowest BCUT2D eigenvalue weighted by molar-refractivity contribution is 0.112. The summed E-state index contributed by atoms with van der Waals surface area (Å²) in [6.07, 6.45) is 2.07. The number of nitrogens with zero attached hydrogens (tertiary/aromatic N) is 1. The Morgan fingerprint density at radius 2 is 1.61 bits per heavy atom. The molecule has 1 heterocycles. The smallest absolute Gasteiger partial charge is 0.151 e. The summed E-state index contributed by atoms with van der Waals surface area (Å²) in [6, 6.07) is 4.85. The largest absolute Gasteiger partial charge is 0.298 e. The number of carbonyl (C=O) groups is 1. The van der Waals surface area contributed by atoms with Crippen molar-refractivity contribution in [3.8, 4) is 11.1 Å². The summed E-state index contributed by atoms with van der Waals surface area (Å²) in [4.78, 5) is 14.7. The highest BCUT2D eigenvalue weighted by Crippen LogP contribution is 2.36. The third kappa shape index (κ3) is 2.62. The van der Waals surface area contributed by atoms with E-state index in [-0.39, 0.29) is 10.2 Å². The summed E-state index contributed by atoms with van der Waals surface area (Å²) < 4.78 is 0. The van der Waals surface area contributed by atoms with Crippen LogP contribution in [0.15, 0.2) is 24.4 Å². The molecule has 6 heteroatoms. The second-order valence-electron chi connectivity index (χ2n) is 3.48. The molecule has 2 rings (SSSR count). The summed E-state index contributed by atoms with van der Waals surface area (Å²) >= 11 is 23.7. The minimum Gasteiger partial charge on any atom is -0.298 e. The van der Waals surface area contributed by atoms with Gasteiger partial charge in [-0.2, -0.15) is 0 Å². The molecule has 18 heavy (non-hydrogen) atoms. The van der Waals surface area contributed by atoms with Crippen molar-refractivity contribution in [2.24, 2.45) is 0 Å². The maximum absolute atomic E-state index is 10.7. The van der Waals surface area contributed by atoms with Crippen LogP contribution in [0.3, 0.4) is 0 Å². The molecule has 0 saturated carbocycles. The van der Waals surface area contributed by atoms with E-state index in [4.69, 9.17) is 46.4 Å². The number of carbonyl (C=O) groups excluding carboxylic acids is 1. The van der Waals surface area contributed by atoms with Crippen molar-refractivity contribution in [1.29, 1.82) is 0 Å². The highest BCUT2D eigenvalue weighted by Gasteiger charge is 2.11. The van der Waals surface area contributed by atoms with Crippen molar-refractivity contribution >= 4 is 52.7 Å². The first-order valence-corrected chi connectivity index (χ1v) is 6.29. The summed E-state index contributed by atoms with van der Waals surface area (Å²) in [7, 11) is 0. The lowest BCUT2D eigenvalue weighted by atomic mass is 10.1. The molecular weight excluding hydrogens is 316 g/mol. The number of hydrogen-bond donors (Lipinski definition) is 0. The molecular formula is C12H5Cl4NO. The minimum absolute atomic E-state index is 0.259. The van der Waals surface area contributed by atoms with E-state index in [1.54, 1.807) is 18.2 Å². The van der Waals surface area contributed by atoms with E-state index in [0.717, 1.165) is 0 Å². The van der Waals surface area contributed by atoms with Crippen molar-refractivity contribution in [3.05, 3.63) is 50.2 Å². The van der Waals surface area contributed by atoms with Gasteiger partial charge in [-0.15, -0.1) is 0 Å². The number of rotatable bonds is 2. The van der Waals surface area contributed by atoms with Crippen LogP contribution >= 0.6 is 46.4 Å². The van der Waals surface area contributed by atoms with Crippen molar-refractivity contribution in [2.75, 3.05) is 0 Å². The predicted octanol–water partition coefficient (Wildman–Crippen LogP) is 5.17. The van der Waals surface area contributed by atoms with Gasteiger partial charge in [-0.1, -0.05) is 46.4 Å². The van der Waals surface area contributed by atoms with Gasteiger partial charge in [0.15, 0.2) is 6.29 Å². The van der Waals surface area contributed by atoms with Crippen LogP contribution in [-0.2, 0) is 0 Å². The Labute approximate surface area is 123 Å². The average molecular weight is 321 g/mol. The van der Waals surface area contributed by atoms with Crippen molar-refractivity contribution < 1.29 is 4.79 Å². The molecule has 1 aromatic carbocycles. The normalized spacial score (nSPS) is 10.4. The summed E-state index contributed by atoms with van der Waals surface area (Å²) in [6.45, 7) is 0. The third-order valence-corrected chi connectivity index (χ3v) is 3.79. The van der Waals surface area contributed by atoms with E-state index in [1.807, 2.05) is 0 Å². The zero-order chi connectivity index (χ0) is 13.3. The molecule has 92 valence electrons. The molecule has 0 aliphatic carbocycles. The van der Waals surface area contributed by atoms with Crippen LogP contribution in [0.2, 0.25) is 20.2 Å². The van der Waals surface area contributed by atoms with E-state index in [2.05, 4.69) is 4.98 Å². The van der Waals surface area contributed by atoms with Gasteiger partial charge in [-0.25, -0.2) is 4.98 Å². The molecule has 0 aliphatic heterocycles. The number of halogens is 4. The fraction of sp³-hybridized carbons (Fsp3) is 0. The van der Waals surface area contributed by atoms with Gasteiger partial charge >= 0.3 is 0 Å². The van der Waals surface area contributed by atoms with Crippen LogP contribution in [0.1, 0.15) is 10.4 Å². The Hall–Kier alpha value is -0.800. The van der Waals surface area contributed by atoms with Gasteiger partial charge in [0.1, 0.15) is 5.15 Å². The van der Waals surface area contributed by atoms with Crippen LogP contribution in [0.25, 0.3) is 11.1 Å². The summed E-state index contributed by atoms with van der Waals surface area (Å²) in [5.41, 5.74) is 1.63. The summed E-state index contributed by atoms with van der Waals surface area (Å²) in [5.74, 6) is 0. The van der Waals surface area contributed by atoms with E-state index < -0.39 is 0 Å². The molecule has 0 bridgehead atoms. The molecule has 2 aromatic rings. The van der Waals surface area contributed by atoms with Gasteiger partial charge in [0.25, 0.3) is 0 Å². The molecule has 0 amide bonds. The fourth-order valence-corrected chi connectivity index (χ4v) is 2.25. The van der Waals surface area contributed by atoms with Gasteiger partial charge < -0.3 is 0 Å². The molecule has 0 fully saturated rings. The van der Waals surface area contributed by atoms with Gasteiger partial charge in [0, 0.05) is 17.3 Å². The van der Waals surface area contributed by atoms with Crippen molar-refractivity contribution in [1.82, 2.24) is 4.98 Å². The molecule has 0 radical (unpaired) electrons. The molecule has 0 spiro atoms. The fourth-order valence-electron chi connectivity index (χ4n) is 1.44. The first-order valence-electron chi connectivity index (χ1n) is 4.78. The van der Waals surface area contributed by atoms with Gasteiger partial charge in [0.05, 0.1) is 15.1 Å². The Balaban J connectivity index is 2.65. The molecule has 2 nitrogen and oxygen atoms in total. The monoisotopic (exact) mass is 319 g/mol. The maximum Gasteiger partial charge on any atom is 0.151 e. The first-order chi connectivity index (χ1) is 8.52. The number of aromatic nitrogens is 1. The molecule has 0 N–H and O–H groups in total. The van der Waals surface area contributed by atoms with Crippen molar-refractivity contribution in [3.63, 3.8) is 0 Å². The topological polar surface area (TPSA) is 30.0 Å². The Bertz CT molecular complexity index is 604. The highest BCUT2D eigenvalue weighted by atomic mass is 35.5. The predicted molar refractivity (Wildman–Crippen MR) is 75.1 cm³/mol. The van der Waals surface area contributed by atoms with E-state index in [1.165, 1.54) is 6.20 Å². The third-order valence-electron chi connectivity index (χ3n) is 2.29. The van der Waals surface area contributed by atoms with Crippen LogP contribution in [0.5, 0.6) is 0 Å².